The third-order valence-electron chi connectivity index (χ3n) is 3.81. The number of carbonyl (C=O) groups is 1. The van der Waals surface area contributed by atoms with E-state index < -0.39 is 17.1 Å². The lowest BCUT2D eigenvalue weighted by Crippen LogP contribution is -2.23. The van der Waals surface area contributed by atoms with E-state index in [1.54, 1.807) is 36.7 Å². The molecule has 7 heteroatoms. The number of nitrogens with two attached hydrogens (primary N) is 1. The van der Waals surface area contributed by atoms with E-state index in [4.69, 9.17) is 5.73 Å². The number of benzene rings is 1. The molecule has 3 N–H and O–H groups in total. The number of nitrogens with zero attached hydrogens (tertiary/aromatic N) is 3. The number of hydrogen-bond acceptors (Lipinski definition) is 4. The van der Waals surface area contributed by atoms with Crippen LogP contribution < -0.4 is 11.1 Å². The molecule has 1 fully saturated rings. The average Bonchev–Trinajstić information content (AvgIpc) is 3.38. The highest BCUT2D eigenvalue weighted by atomic mass is 19.1. The molecule has 0 spiro atoms. The predicted octanol–water partition coefficient (Wildman–Crippen LogP) is 2.16. The van der Waals surface area contributed by atoms with Crippen molar-refractivity contribution in [2.45, 2.75) is 18.3 Å². The first-order chi connectivity index (χ1) is 11.6. The Morgan fingerprint density at radius 2 is 1.96 bits per heavy atom. The summed E-state index contributed by atoms with van der Waals surface area (Å²) in [5.74, 6) is -0.384. The van der Waals surface area contributed by atoms with Crippen LogP contribution in [0.1, 0.15) is 18.4 Å². The molecule has 1 heterocycles. The molecular weight excluding hydrogens is 309 g/mol. The van der Waals surface area contributed by atoms with Crippen LogP contribution in [0.5, 0.6) is 0 Å². The monoisotopic (exact) mass is 325 g/mol. The summed E-state index contributed by atoms with van der Waals surface area (Å²) < 4.78 is 13.9. The van der Waals surface area contributed by atoms with Crippen LogP contribution in [0.15, 0.2) is 60.0 Å². The SMILES string of the molecule is NC(/C=C\Nc1ncccn1)=NC(=O)C1(c2ccccc2F)CC1. The molecule has 2 aromatic rings. The van der Waals surface area contributed by atoms with Crippen molar-refractivity contribution in [2.24, 2.45) is 10.7 Å². The van der Waals surface area contributed by atoms with Crippen LogP contribution in [0.3, 0.4) is 0 Å². The van der Waals surface area contributed by atoms with Gasteiger partial charge in [0, 0.05) is 24.2 Å². The Balaban J connectivity index is 1.69. The highest BCUT2D eigenvalue weighted by Crippen LogP contribution is 2.50. The molecule has 1 aliphatic rings. The van der Waals surface area contributed by atoms with Crippen LogP contribution in [0.25, 0.3) is 0 Å². The molecule has 1 aliphatic carbocycles. The van der Waals surface area contributed by atoms with Gasteiger partial charge >= 0.3 is 0 Å². The number of amides is 1. The molecule has 24 heavy (non-hydrogen) atoms. The van der Waals surface area contributed by atoms with Gasteiger partial charge in [0.15, 0.2) is 0 Å². The van der Waals surface area contributed by atoms with Gasteiger partial charge in [-0.1, -0.05) is 18.2 Å². The fraction of sp³-hybridized carbons (Fsp3) is 0.176. The maximum Gasteiger partial charge on any atom is 0.258 e. The summed E-state index contributed by atoms with van der Waals surface area (Å²) in [4.78, 5) is 24.2. The normalized spacial score (nSPS) is 16.1. The third-order valence-corrected chi connectivity index (χ3v) is 3.81. The minimum atomic E-state index is -0.875. The first-order valence-corrected chi connectivity index (χ1v) is 7.45. The number of hydrogen-bond donors (Lipinski definition) is 2. The second-order valence-electron chi connectivity index (χ2n) is 5.45. The fourth-order valence-electron chi connectivity index (χ4n) is 2.41. The molecule has 6 nitrogen and oxygen atoms in total. The summed E-state index contributed by atoms with van der Waals surface area (Å²) >= 11 is 0. The highest BCUT2D eigenvalue weighted by Gasteiger charge is 2.52. The molecule has 1 aromatic heterocycles. The molecular formula is C17H16FN5O. The van der Waals surface area contributed by atoms with E-state index in [-0.39, 0.29) is 5.84 Å². The van der Waals surface area contributed by atoms with Crippen molar-refractivity contribution in [1.29, 1.82) is 0 Å². The Morgan fingerprint density at radius 3 is 2.62 bits per heavy atom. The number of halogens is 1. The first kappa shape index (κ1) is 15.8. The van der Waals surface area contributed by atoms with Gasteiger partial charge in [-0.3, -0.25) is 4.79 Å². The highest BCUT2D eigenvalue weighted by molar-refractivity contribution is 6.04. The van der Waals surface area contributed by atoms with Crippen LogP contribution in [-0.2, 0) is 10.2 Å². The van der Waals surface area contributed by atoms with Crippen LogP contribution in [0.2, 0.25) is 0 Å². The minimum Gasteiger partial charge on any atom is -0.384 e. The molecule has 0 unspecified atom stereocenters. The molecule has 3 rings (SSSR count). The zero-order valence-electron chi connectivity index (χ0n) is 12.8. The molecule has 0 radical (unpaired) electrons. The van der Waals surface area contributed by atoms with Crippen LogP contribution in [0, 0.1) is 5.82 Å². The second kappa shape index (κ2) is 6.57. The van der Waals surface area contributed by atoms with Gasteiger partial charge < -0.3 is 11.1 Å². The number of rotatable bonds is 5. The van der Waals surface area contributed by atoms with E-state index in [1.807, 2.05) is 0 Å². The van der Waals surface area contributed by atoms with Crippen LogP contribution in [0.4, 0.5) is 10.3 Å². The fourth-order valence-corrected chi connectivity index (χ4v) is 2.41. The molecule has 0 aliphatic heterocycles. The molecule has 0 saturated heterocycles. The van der Waals surface area contributed by atoms with E-state index >= 15 is 0 Å². The Morgan fingerprint density at radius 1 is 1.25 bits per heavy atom. The number of nitrogens with one attached hydrogen (secondary N) is 1. The molecule has 1 saturated carbocycles. The van der Waals surface area contributed by atoms with Crippen molar-refractivity contribution in [3.63, 3.8) is 0 Å². The maximum absolute atomic E-state index is 13.9. The van der Waals surface area contributed by atoms with Crippen molar-refractivity contribution in [1.82, 2.24) is 9.97 Å². The third kappa shape index (κ3) is 3.29. The topological polar surface area (TPSA) is 93.3 Å². The predicted molar refractivity (Wildman–Crippen MR) is 88.7 cm³/mol. The van der Waals surface area contributed by atoms with Gasteiger partial charge in [0.2, 0.25) is 5.95 Å². The zero-order valence-corrected chi connectivity index (χ0v) is 12.8. The van der Waals surface area contributed by atoms with Crippen molar-refractivity contribution in [2.75, 3.05) is 5.32 Å². The van der Waals surface area contributed by atoms with Gasteiger partial charge in [0.25, 0.3) is 5.91 Å². The van der Waals surface area contributed by atoms with Gasteiger partial charge in [-0.25, -0.2) is 14.4 Å². The van der Waals surface area contributed by atoms with E-state index in [2.05, 4.69) is 20.3 Å². The lowest BCUT2D eigenvalue weighted by molar-refractivity contribution is -0.120. The van der Waals surface area contributed by atoms with Gasteiger partial charge in [0.1, 0.15) is 11.7 Å². The molecule has 122 valence electrons. The Hall–Kier alpha value is -3.09. The van der Waals surface area contributed by atoms with E-state index in [0.29, 0.717) is 24.4 Å². The van der Waals surface area contributed by atoms with Crippen LogP contribution in [-0.4, -0.2) is 21.7 Å². The number of aliphatic imine (C=N–C) groups is 1. The maximum atomic E-state index is 13.9. The first-order valence-electron chi connectivity index (χ1n) is 7.45. The van der Waals surface area contributed by atoms with Crippen molar-refractivity contribution in [3.8, 4) is 0 Å². The van der Waals surface area contributed by atoms with Crippen molar-refractivity contribution in [3.05, 3.63) is 66.4 Å². The smallest absolute Gasteiger partial charge is 0.258 e. The summed E-state index contributed by atoms with van der Waals surface area (Å²) in [7, 11) is 0. The quantitative estimate of drug-likeness (QED) is 0.649. The molecule has 0 bridgehead atoms. The number of aromatic nitrogens is 2. The van der Waals surface area contributed by atoms with Crippen molar-refractivity contribution >= 4 is 17.7 Å². The summed E-state index contributed by atoms with van der Waals surface area (Å²) in [6, 6.07) is 7.97. The second-order valence-corrected chi connectivity index (χ2v) is 5.45. The summed E-state index contributed by atoms with van der Waals surface area (Å²) in [5, 5.41) is 2.81. The molecule has 0 atom stereocenters. The minimum absolute atomic E-state index is 0.0334. The summed E-state index contributed by atoms with van der Waals surface area (Å²) in [6.45, 7) is 0. The van der Waals surface area contributed by atoms with E-state index in [1.165, 1.54) is 18.3 Å². The Kier molecular flexibility index (Phi) is 4.33. The largest absolute Gasteiger partial charge is 0.384 e. The number of carbonyl (C=O) groups excluding carboxylic acids is 1. The summed E-state index contributed by atoms with van der Waals surface area (Å²) in [5.41, 5.74) is 5.25. The average molecular weight is 325 g/mol. The van der Waals surface area contributed by atoms with Gasteiger partial charge in [-0.15, -0.1) is 0 Å². The lowest BCUT2D eigenvalue weighted by Gasteiger charge is -2.12. The molecule has 1 aromatic carbocycles. The number of amidine groups is 1. The van der Waals surface area contributed by atoms with E-state index in [9.17, 15) is 9.18 Å². The van der Waals surface area contributed by atoms with E-state index in [0.717, 1.165) is 0 Å². The van der Waals surface area contributed by atoms with Crippen molar-refractivity contribution < 1.29 is 9.18 Å². The zero-order chi connectivity index (χ0) is 17.0. The lowest BCUT2D eigenvalue weighted by atomic mass is 9.94. The Labute approximate surface area is 138 Å². The summed E-state index contributed by atoms with van der Waals surface area (Å²) in [6.07, 6.45) is 7.26. The standard InChI is InChI=1S/C17H16FN5O/c18-13-5-2-1-4-12(13)17(7-8-17)15(24)23-14(19)6-11-22-16-20-9-3-10-21-16/h1-6,9-11H,7-8H2,(H2,19,23,24)(H,20,21,22)/b11-6-. The molecule has 1 amide bonds. The van der Waals surface area contributed by atoms with Gasteiger partial charge in [-0.2, -0.15) is 4.99 Å². The van der Waals surface area contributed by atoms with Gasteiger partial charge in [0.05, 0.1) is 5.41 Å². The van der Waals surface area contributed by atoms with Crippen LogP contribution >= 0.6 is 0 Å². The Bertz CT molecular complexity index is 800. The number of anilines is 1. The van der Waals surface area contributed by atoms with Gasteiger partial charge in [-0.05, 0) is 31.1 Å².